The van der Waals surface area contributed by atoms with Crippen molar-refractivity contribution in [2.24, 2.45) is 7.05 Å². The van der Waals surface area contributed by atoms with Crippen LogP contribution in [0.15, 0.2) is 24.3 Å². The van der Waals surface area contributed by atoms with Crippen LogP contribution in [0.3, 0.4) is 0 Å². The highest BCUT2D eigenvalue weighted by molar-refractivity contribution is 5.87. The second-order valence-corrected chi connectivity index (χ2v) is 4.73. The Bertz CT molecular complexity index is 706. The molecule has 0 aliphatic heterocycles. The fourth-order valence-electron chi connectivity index (χ4n) is 2.15. The van der Waals surface area contributed by atoms with Gasteiger partial charge < -0.3 is 10.4 Å². The molecule has 0 amide bonds. The number of aromatic nitrogens is 2. The van der Waals surface area contributed by atoms with Crippen molar-refractivity contribution in [1.82, 2.24) is 9.78 Å². The van der Waals surface area contributed by atoms with Gasteiger partial charge in [0.2, 0.25) is 5.82 Å². The third-order valence-electron chi connectivity index (χ3n) is 3.27. The molecule has 8 heteroatoms. The highest BCUT2D eigenvalue weighted by atomic mass is 16.6. The van der Waals surface area contributed by atoms with E-state index in [0.717, 1.165) is 5.56 Å². The van der Waals surface area contributed by atoms with Gasteiger partial charge in [0.15, 0.2) is 0 Å². The molecule has 0 aliphatic rings. The third kappa shape index (κ3) is 3.05. The average molecular weight is 304 g/mol. The van der Waals surface area contributed by atoms with Crippen molar-refractivity contribution in [2.75, 3.05) is 5.32 Å². The number of aryl methyl sites for hydroxylation is 2. The van der Waals surface area contributed by atoms with Crippen LogP contribution in [0, 0.1) is 10.1 Å². The molecule has 0 unspecified atom stereocenters. The molecule has 2 rings (SSSR count). The molecule has 0 bridgehead atoms. The van der Waals surface area contributed by atoms with E-state index in [9.17, 15) is 14.9 Å². The van der Waals surface area contributed by atoms with Crippen LogP contribution in [0.1, 0.15) is 28.5 Å². The van der Waals surface area contributed by atoms with Crippen LogP contribution in [0.4, 0.5) is 11.5 Å². The molecule has 1 aromatic carbocycles. The predicted molar refractivity (Wildman–Crippen MR) is 80.0 cm³/mol. The predicted octanol–water partition coefficient (Wildman–Crippen LogP) is 2.20. The van der Waals surface area contributed by atoms with Gasteiger partial charge in [-0.05, 0) is 24.1 Å². The zero-order chi connectivity index (χ0) is 16.3. The summed E-state index contributed by atoms with van der Waals surface area (Å²) in [5.74, 6) is -0.654. The number of carbonyl (C=O) groups is 1. The second-order valence-electron chi connectivity index (χ2n) is 4.73. The summed E-state index contributed by atoms with van der Waals surface area (Å²) in [6, 6.07) is 6.32. The molecular weight excluding hydrogens is 288 g/mol. The summed E-state index contributed by atoms with van der Waals surface area (Å²) in [6.45, 7) is 2.15. The number of nitrogens with zero attached hydrogens (tertiary/aromatic N) is 3. The Morgan fingerprint density at radius 3 is 2.55 bits per heavy atom. The molecule has 0 radical (unpaired) electrons. The number of anilines is 1. The average Bonchev–Trinajstić information content (AvgIpc) is 2.81. The van der Waals surface area contributed by atoms with Crippen molar-refractivity contribution >= 4 is 17.5 Å². The van der Waals surface area contributed by atoms with Crippen LogP contribution in [0.25, 0.3) is 0 Å². The Morgan fingerprint density at radius 1 is 1.41 bits per heavy atom. The van der Waals surface area contributed by atoms with E-state index in [-0.39, 0.29) is 11.3 Å². The topological polar surface area (TPSA) is 110 Å². The van der Waals surface area contributed by atoms with Crippen LogP contribution >= 0.6 is 0 Å². The van der Waals surface area contributed by atoms with Crippen molar-refractivity contribution < 1.29 is 14.8 Å². The van der Waals surface area contributed by atoms with E-state index in [1.165, 1.54) is 16.8 Å². The van der Waals surface area contributed by atoms with Crippen molar-refractivity contribution in [3.63, 3.8) is 0 Å². The van der Waals surface area contributed by atoms with E-state index in [2.05, 4.69) is 10.4 Å². The number of rotatable bonds is 6. The maximum absolute atomic E-state index is 11.2. The zero-order valence-electron chi connectivity index (χ0n) is 12.2. The van der Waals surface area contributed by atoms with Crippen molar-refractivity contribution in [3.8, 4) is 0 Å². The maximum atomic E-state index is 11.2. The number of hydrogen-bond donors (Lipinski definition) is 2. The summed E-state index contributed by atoms with van der Waals surface area (Å²) >= 11 is 0. The molecule has 22 heavy (non-hydrogen) atoms. The van der Waals surface area contributed by atoms with Crippen LogP contribution < -0.4 is 5.32 Å². The van der Waals surface area contributed by atoms with E-state index in [4.69, 9.17) is 5.11 Å². The van der Waals surface area contributed by atoms with Crippen molar-refractivity contribution in [2.45, 2.75) is 19.9 Å². The lowest BCUT2D eigenvalue weighted by Gasteiger charge is -2.06. The third-order valence-corrected chi connectivity index (χ3v) is 3.27. The minimum absolute atomic E-state index is 0.0212. The van der Waals surface area contributed by atoms with Crippen molar-refractivity contribution in [1.29, 1.82) is 0 Å². The molecule has 0 atom stereocenters. The standard InChI is InChI=1S/C14H16N4O4/c1-3-11-12(18(21)22)13(17(2)16-11)15-8-9-4-6-10(7-5-9)14(19)20/h4-7,15H,3,8H2,1-2H3,(H,19,20). The van der Waals surface area contributed by atoms with E-state index in [1.807, 2.05) is 6.92 Å². The summed E-state index contributed by atoms with van der Waals surface area (Å²) in [7, 11) is 1.64. The first-order valence-corrected chi connectivity index (χ1v) is 6.70. The van der Waals surface area contributed by atoms with Crippen molar-refractivity contribution in [3.05, 3.63) is 51.2 Å². The molecule has 1 aromatic heterocycles. The number of carboxylic acid groups (broad SMARTS) is 1. The Balaban J connectivity index is 2.19. The number of nitro groups is 1. The Morgan fingerprint density at radius 2 is 2.05 bits per heavy atom. The maximum Gasteiger partial charge on any atom is 0.335 e. The first-order chi connectivity index (χ1) is 10.4. The van der Waals surface area contributed by atoms with Crippen LogP contribution in [-0.2, 0) is 20.0 Å². The van der Waals surface area contributed by atoms with Gasteiger partial charge in [-0.1, -0.05) is 19.1 Å². The molecule has 116 valence electrons. The monoisotopic (exact) mass is 304 g/mol. The van der Waals surface area contributed by atoms with E-state index >= 15 is 0 Å². The first kappa shape index (κ1) is 15.5. The molecular formula is C14H16N4O4. The Labute approximate surface area is 126 Å². The number of nitrogens with one attached hydrogen (secondary N) is 1. The molecule has 0 fully saturated rings. The minimum atomic E-state index is -0.991. The van der Waals surface area contributed by atoms with Crippen LogP contribution in [-0.4, -0.2) is 25.8 Å². The second kappa shape index (κ2) is 6.25. The van der Waals surface area contributed by atoms with Gasteiger partial charge in [-0.3, -0.25) is 10.1 Å². The van der Waals surface area contributed by atoms with Gasteiger partial charge in [-0.25, -0.2) is 9.48 Å². The van der Waals surface area contributed by atoms with E-state index in [0.29, 0.717) is 24.5 Å². The lowest BCUT2D eigenvalue weighted by molar-refractivity contribution is -0.384. The minimum Gasteiger partial charge on any atom is -0.478 e. The van der Waals surface area contributed by atoms with Gasteiger partial charge in [-0.15, -0.1) is 0 Å². The van der Waals surface area contributed by atoms with Gasteiger partial charge in [0.05, 0.1) is 10.5 Å². The quantitative estimate of drug-likeness (QED) is 0.625. The molecule has 1 heterocycles. The molecule has 2 N–H and O–H groups in total. The van der Waals surface area contributed by atoms with Gasteiger partial charge in [0.25, 0.3) is 0 Å². The first-order valence-electron chi connectivity index (χ1n) is 6.70. The molecule has 8 nitrogen and oxygen atoms in total. The SMILES string of the molecule is CCc1nn(C)c(NCc2ccc(C(=O)O)cc2)c1[N+](=O)[O-]. The molecule has 0 aliphatic carbocycles. The summed E-state index contributed by atoms with van der Waals surface area (Å²) in [6.07, 6.45) is 0.471. The van der Waals surface area contributed by atoms with E-state index < -0.39 is 10.9 Å². The lowest BCUT2D eigenvalue weighted by Crippen LogP contribution is -2.07. The van der Waals surface area contributed by atoms with Crippen LogP contribution in [0.5, 0.6) is 0 Å². The van der Waals surface area contributed by atoms with Gasteiger partial charge in [0.1, 0.15) is 5.69 Å². The molecule has 2 aromatic rings. The fraction of sp³-hybridized carbons (Fsp3) is 0.286. The summed E-state index contributed by atoms with van der Waals surface area (Å²) in [5.41, 5.74) is 1.42. The molecule has 0 spiro atoms. The number of aromatic carboxylic acids is 1. The highest BCUT2D eigenvalue weighted by Crippen LogP contribution is 2.28. The summed E-state index contributed by atoms with van der Waals surface area (Å²) < 4.78 is 1.45. The van der Waals surface area contributed by atoms with Gasteiger partial charge >= 0.3 is 11.7 Å². The van der Waals surface area contributed by atoms with E-state index in [1.54, 1.807) is 19.2 Å². The van der Waals surface area contributed by atoms with Crippen LogP contribution in [0.2, 0.25) is 0 Å². The Hall–Kier alpha value is -2.90. The summed E-state index contributed by atoms with van der Waals surface area (Å²) in [4.78, 5) is 21.5. The highest BCUT2D eigenvalue weighted by Gasteiger charge is 2.25. The fourth-order valence-corrected chi connectivity index (χ4v) is 2.15. The lowest BCUT2D eigenvalue weighted by atomic mass is 10.1. The molecule has 0 saturated carbocycles. The zero-order valence-corrected chi connectivity index (χ0v) is 12.2. The number of benzene rings is 1. The number of carboxylic acids is 1. The van der Waals surface area contributed by atoms with Gasteiger partial charge in [-0.2, -0.15) is 5.10 Å². The largest absolute Gasteiger partial charge is 0.478 e. The van der Waals surface area contributed by atoms with Gasteiger partial charge in [0, 0.05) is 13.6 Å². The number of hydrogen-bond acceptors (Lipinski definition) is 5. The Kier molecular flexibility index (Phi) is 4.40. The smallest absolute Gasteiger partial charge is 0.335 e. The molecule has 0 saturated heterocycles. The normalized spacial score (nSPS) is 10.5. The summed E-state index contributed by atoms with van der Waals surface area (Å²) in [5, 5.41) is 27.2.